The molecule has 0 aliphatic carbocycles. The van der Waals surface area contributed by atoms with Crippen LogP contribution in [0.4, 0.5) is 17.6 Å². The zero-order valence-electron chi connectivity index (χ0n) is 61.7. The zero-order valence-corrected chi connectivity index (χ0v) is 61.7. The highest BCUT2D eigenvalue weighted by molar-refractivity contribution is 5.41. The molecule has 0 bridgehead atoms. The van der Waals surface area contributed by atoms with Gasteiger partial charge in [-0.25, -0.2) is 18.7 Å². The zero-order chi connectivity index (χ0) is 70.4. The molecule has 0 N–H and O–H groups in total. The Hall–Kier alpha value is -6.80. The monoisotopic (exact) mass is 1270 g/mol. The average Bonchev–Trinajstić information content (AvgIpc) is 1.08. The van der Waals surface area contributed by atoms with Crippen LogP contribution in [0.1, 0.15) is 361 Å². The normalized spacial score (nSPS) is 11.2. The Labute approximate surface area is 556 Å². The van der Waals surface area contributed by atoms with Crippen LogP contribution >= 0.6 is 0 Å². The van der Waals surface area contributed by atoms with E-state index in [0.29, 0.717) is 82.1 Å². The van der Waals surface area contributed by atoms with Gasteiger partial charge in [0.05, 0.1) is 17.0 Å². The van der Waals surface area contributed by atoms with Crippen molar-refractivity contribution < 1.29 is 22.3 Å². The van der Waals surface area contributed by atoms with Gasteiger partial charge in [-0.3, -0.25) is 15.0 Å². The van der Waals surface area contributed by atoms with E-state index in [-0.39, 0.29) is 29.4 Å². The molecule has 11 heteroatoms. The first-order chi connectivity index (χ1) is 42.8. The lowest BCUT2D eigenvalue weighted by atomic mass is 9.96. The molecule has 0 saturated heterocycles. The molecule has 0 unspecified atom stereocenters. The molecular formula is C81H118F4N6O. The summed E-state index contributed by atoms with van der Waals surface area (Å²) >= 11 is 0. The number of ether oxygens (including phenoxy) is 1. The molecule has 0 atom stereocenters. The van der Waals surface area contributed by atoms with Crippen molar-refractivity contribution in [3.63, 3.8) is 0 Å². The highest BCUT2D eigenvalue weighted by Crippen LogP contribution is 2.32. The molecule has 92 heavy (non-hydrogen) atoms. The molecule has 0 amide bonds. The largest absolute Gasteiger partial charge is 0.435 e. The number of hydrogen-bond donors (Lipinski definition) is 0. The van der Waals surface area contributed by atoms with Crippen molar-refractivity contribution in [2.45, 2.75) is 283 Å². The van der Waals surface area contributed by atoms with Crippen LogP contribution in [0.5, 0.6) is 5.75 Å². The van der Waals surface area contributed by atoms with Gasteiger partial charge >= 0.3 is 6.61 Å². The summed E-state index contributed by atoms with van der Waals surface area (Å²) in [5.41, 5.74) is 14.5. The standard InChI is InChI=1S/C13H18F2O.C12H17F.C12H16N2.C12H18.C11H16FN.C11H17N.C10H16N2/c1-8(2)10-5-6-11(9(3)4)12(7-10)16-13(14)15;1-8(2)10-5-6-11(9(3)4)12(13)7-10;1-8(2)11-5-10(6-13)12(9(3)4)14-7-11;1-9(2)11-5-7-12(8-6-11)10(3)4;1-7(2)9-5-10(12)11(8(3)4)13-6-9;1-8(2)10-5-6-11(9(3)4)12-7-10;1-7(2)9-5-11-10(8(3)4)12-6-9/h5-9,13H,1-4H3;5-9H,1-4H3;5,7-9H,1-4H3;5-10H,1-4H3;5-8H,1-4H3;5-9H,1-4H3;5-8H,1-4H3. The predicted molar refractivity (Wildman–Crippen MR) is 383 cm³/mol. The summed E-state index contributed by atoms with van der Waals surface area (Å²) in [4.78, 5) is 21.4. The van der Waals surface area contributed by atoms with Gasteiger partial charge in [-0.2, -0.15) is 14.0 Å². The van der Waals surface area contributed by atoms with E-state index >= 15 is 0 Å². The van der Waals surface area contributed by atoms with Crippen molar-refractivity contribution in [1.29, 1.82) is 5.26 Å². The number of nitriles is 1. The van der Waals surface area contributed by atoms with Crippen LogP contribution in [0.2, 0.25) is 0 Å². The molecule has 7 rings (SSSR count). The molecule has 0 spiro atoms. The van der Waals surface area contributed by atoms with E-state index in [2.05, 4.69) is 197 Å². The minimum Gasteiger partial charge on any atom is -0.435 e. The van der Waals surface area contributed by atoms with E-state index in [9.17, 15) is 17.6 Å². The smallest absolute Gasteiger partial charge is 0.387 e. The molecular weight excluding hydrogens is 1150 g/mol. The molecule has 4 aromatic heterocycles. The van der Waals surface area contributed by atoms with E-state index in [0.717, 1.165) is 44.9 Å². The van der Waals surface area contributed by atoms with Crippen molar-refractivity contribution >= 4 is 0 Å². The van der Waals surface area contributed by atoms with E-state index in [1.54, 1.807) is 24.4 Å². The van der Waals surface area contributed by atoms with Gasteiger partial charge in [0.25, 0.3) is 0 Å². The van der Waals surface area contributed by atoms with Crippen molar-refractivity contribution in [2.24, 2.45) is 0 Å². The first kappa shape index (κ1) is 83.2. The van der Waals surface area contributed by atoms with E-state index in [1.165, 1.54) is 27.9 Å². The number of alkyl halides is 2. The maximum atomic E-state index is 13.5. The summed E-state index contributed by atoms with van der Waals surface area (Å²) in [5, 5.41) is 8.98. The van der Waals surface area contributed by atoms with Crippen LogP contribution < -0.4 is 4.74 Å². The molecule has 7 aromatic rings. The Bertz CT molecular complexity index is 2930. The second-order valence-electron chi connectivity index (χ2n) is 28.1. The Morgan fingerprint density at radius 3 is 1.01 bits per heavy atom. The molecule has 3 aromatic carbocycles. The molecule has 0 radical (unpaired) electrons. The van der Waals surface area contributed by atoms with Gasteiger partial charge < -0.3 is 4.74 Å². The van der Waals surface area contributed by atoms with Crippen LogP contribution in [0.3, 0.4) is 0 Å². The molecule has 0 fully saturated rings. The van der Waals surface area contributed by atoms with Crippen molar-refractivity contribution in [3.05, 3.63) is 212 Å². The maximum Gasteiger partial charge on any atom is 0.387 e. The topological polar surface area (TPSA) is 97.5 Å². The molecule has 0 saturated carbocycles. The van der Waals surface area contributed by atoms with Crippen LogP contribution in [0.25, 0.3) is 0 Å². The third-order valence-electron chi connectivity index (χ3n) is 15.4. The van der Waals surface area contributed by atoms with Crippen molar-refractivity contribution in [3.8, 4) is 11.8 Å². The number of benzene rings is 3. The first-order valence-electron chi connectivity index (χ1n) is 33.7. The van der Waals surface area contributed by atoms with Crippen LogP contribution in [0, 0.1) is 23.0 Å². The second-order valence-corrected chi connectivity index (χ2v) is 28.1. The third kappa shape index (κ3) is 29.9. The lowest BCUT2D eigenvalue weighted by Crippen LogP contribution is -2.06. The van der Waals surface area contributed by atoms with E-state index in [4.69, 9.17) is 5.26 Å². The van der Waals surface area contributed by atoms with Crippen LogP contribution in [-0.4, -0.2) is 31.5 Å². The van der Waals surface area contributed by atoms with Crippen LogP contribution in [-0.2, 0) is 0 Å². The van der Waals surface area contributed by atoms with E-state index < -0.39 is 6.61 Å². The fourth-order valence-corrected chi connectivity index (χ4v) is 8.83. The quantitative estimate of drug-likeness (QED) is 0.0889. The van der Waals surface area contributed by atoms with Gasteiger partial charge in [0, 0.05) is 42.6 Å². The predicted octanol–water partition coefficient (Wildman–Crippen LogP) is 25.3. The van der Waals surface area contributed by atoms with Gasteiger partial charge in [-0.15, -0.1) is 0 Å². The van der Waals surface area contributed by atoms with Crippen molar-refractivity contribution in [2.75, 3.05) is 0 Å². The van der Waals surface area contributed by atoms with Crippen LogP contribution in [0.15, 0.2) is 116 Å². The lowest BCUT2D eigenvalue weighted by Gasteiger charge is -2.16. The number of hydrogen-bond acceptors (Lipinski definition) is 7. The minimum atomic E-state index is -2.76. The lowest BCUT2D eigenvalue weighted by molar-refractivity contribution is -0.0506. The molecule has 506 valence electrons. The number of aromatic nitrogens is 5. The highest BCUT2D eigenvalue weighted by atomic mass is 19.3. The third-order valence-corrected chi connectivity index (χ3v) is 15.4. The Kier molecular flexibility index (Phi) is 37.7. The van der Waals surface area contributed by atoms with Crippen molar-refractivity contribution in [1.82, 2.24) is 24.9 Å². The van der Waals surface area contributed by atoms with Gasteiger partial charge in [0.1, 0.15) is 29.3 Å². The summed E-state index contributed by atoms with van der Waals surface area (Å²) in [7, 11) is 0. The second kappa shape index (κ2) is 41.7. The molecule has 7 nitrogen and oxygen atoms in total. The van der Waals surface area contributed by atoms with E-state index in [1.807, 2.05) is 124 Å². The number of nitrogens with zero attached hydrogens (tertiary/aromatic N) is 6. The minimum absolute atomic E-state index is 0.0683. The maximum absolute atomic E-state index is 13.5. The summed E-state index contributed by atoms with van der Waals surface area (Å²) in [6.07, 6.45) is 9.48. The fourth-order valence-electron chi connectivity index (χ4n) is 8.83. The number of rotatable bonds is 16. The molecule has 4 heterocycles. The average molecular weight is 1270 g/mol. The van der Waals surface area contributed by atoms with Gasteiger partial charge in [0.2, 0.25) is 0 Å². The van der Waals surface area contributed by atoms with Gasteiger partial charge in [0.15, 0.2) is 0 Å². The number of halogens is 4. The molecule has 0 aliphatic rings. The first-order valence-corrected chi connectivity index (χ1v) is 33.7. The fraction of sp³-hybridized carbons (Fsp3) is 0.531. The number of pyridine rings is 3. The molecule has 0 aliphatic heterocycles. The summed E-state index contributed by atoms with van der Waals surface area (Å²) < 4.78 is 56.0. The highest BCUT2D eigenvalue weighted by Gasteiger charge is 2.16. The van der Waals surface area contributed by atoms with Gasteiger partial charge in [-0.1, -0.05) is 248 Å². The Morgan fingerprint density at radius 2 is 0.674 bits per heavy atom. The van der Waals surface area contributed by atoms with Gasteiger partial charge in [-0.05, 0) is 163 Å². The SMILES string of the molecule is CC(C)c1ccc(C(C)C)c(F)c1.CC(C)c1ccc(C(C)C)c(OC(F)F)c1.CC(C)c1ccc(C(C)C)cc1.CC(C)c1ccc(C(C)C)nc1.CC(C)c1cnc(C(C)C)c(C#N)c1.CC(C)c1cnc(C(C)C)c(F)c1.CC(C)c1cnc(C(C)C)nc1. The Balaban J connectivity index is 0.000000538. The summed E-state index contributed by atoms with van der Waals surface area (Å²) in [5.74, 6) is 6.71. The summed E-state index contributed by atoms with van der Waals surface area (Å²) in [6.45, 7) is 55.7. The summed E-state index contributed by atoms with van der Waals surface area (Å²) in [6, 6.07) is 30.1. The Morgan fingerprint density at radius 1 is 0.315 bits per heavy atom.